The van der Waals surface area contributed by atoms with Gasteiger partial charge in [-0.25, -0.2) is 4.98 Å². The van der Waals surface area contributed by atoms with Crippen molar-refractivity contribution in [2.24, 2.45) is 0 Å². The smallest absolute Gasteiger partial charge is 0.297 e. The van der Waals surface area contributed by atoms with E-state index in [-0.39, 0.29) is 0 Å². The summed E-state index contributed by atoms with van der Waals surface area (Å²) in [6.45, 7) is 3.91. The average Bonchev–Trinajstić information content (AvgIpc) is 2.82. The van der Waals surface area contributed by atoms with E-state index in [1.165, 1.54) is 12.1 Å². The quantitative estimate of drug-likeness (QED) is 0.533. The number of imidazole rings is 1. The second-order valence-corrected chi connectivity index (χ2v) is 4.93. The van der Waals surface area contributed by atoms with Gasteiger partial charge in [0.25, 0.3) is 0 Å². The third-order valence-electron chi connectivity index (χ3n) is 3.37. The van der Waals surface area contributed by atoms with Crippen LogP contribution >= 0.6 is 0 Å². The molecule has 0 atom stereocenters. The summed E-state index contributed by atoms with van der Waals surface area (Å²) >= 11 is 0. The summed E-state index contributed by atoms with van der Waals surface area (Å²) < 4.78 is 15.3. The molecule has 3 rings (SSSR count). The van der Waals surface area contributed by atoms with Crippen LogP contribution in [0.1, 0.15) is 11.3 Å². The molecular weight excluding hydrogens is 273 g/mol. The molecule has 3 aromatic rings. The number of benzene rings is 1. The first kappa shape index (κ1) is 13.2. The Hall–Kier alpha value is -2.76. The molecule has 0 saturated carbocycles. The standard InChI is InChI=1S/C15H12FN3O2/c1-9-5-10(2)18-14(8-17-15(18)6-9)11-3-4-12(16)13(7-11)19(20)21/h3-8H,1-2H3. The Morgan fingerprint density at radius 1 is 1.24 bits per heavy atom. The van der Waals surface area contributed by atoms with Crippen LogP contribution in [-0.2, 0) is 0 Å². The minimum Gasteiger partial charge on any atom is -0.297 e. The van der Waals surface area contributed by atoms with Gasteiger partial charge in [-0.15, -0.1) is 0 Å². The molecule has 1 aromatic carbocycles. The van der Waals surface area contributed by atoms with Gasteiger partial charge < -0.3 is 0 Å². The SMILES string of the molecule is Cc1cc(C)n2c(-c3ccc(F)c([N+](=O)[O-])c3)cnc2c1. The van der Waals surface area contributed by atoms with Gasteiger partial charge in [0.2, 0.25) is 5.82 Å². The fourth-order valence-corrected chi connectivity index (χ4v) is 2.49. The van der Waals surface area contributed by atoms with Crippen molar-refractivity contribution in [3.05, 3.63) is 63.7 Å². The van der Waals surface area contributed by atoms with Gasteiger partial charge in [0, 0.05) is 17.3 Å². The van der Waals surface area contributed by atoms with Crippen LogP contribution in [0.4, 0.5) is 10.1 Å². The molecule has 5 nitrogen and oxygen atoms in total. The Bertz CT molecular complexity index is 871. The first-order valence-electron chi connectivity index (χ1n) is 6.36. The van der Waals surface area contributed by atoms with Crippen LogP contribution in [0.2, 0.25) is 0 Å². The fourth-order valence-electron chi connectivity index (χ4n) is 2.49. The summed E-state index contributed by atoms with van der Waals surface area (Å²) in [6, 6.07) is 7.78. The lowest BCUT2D eigenvalue weighted by atomic mass is 10.1. The normalized spacial score (nSPS) is 11.0. The van der Waals surface area contributed by atoms with Crippen LogP contribution in [0, 0.1) is 29.8 Å². The van der Waals surface area contributed by atoms with E-state index < -0.39 is 16.4 Å². The maximum absolute atomic E-state index is 13.4. The monoisotopic (exact) mass is 285 g/mol. The molecule has 0 saturated heterocycles. The molecule has 21 heavy (non-hydrogen) atoms. The average molecular weight is 285 g/mol. The molecule has 6 heteroatoms. The van der Waals surface area contributed by atoms with Crippen molar-refractivity contribution in [3.63, 3.8) is 0 Å². The van der Waals surface area contributed by atoms with Gasteiger partial charge in [0.05, 0.1) is 16.8 Å². The molecule has 0 fully saturated rings. The Kier molecular flexibility index (Phi) is 2.94. The number of aromatic nitrogens is 2. The van der Waals surface area contributed by atoms with Crippen LogP contribution < -0.4 is 0 Å². The maximum Gasteiger partial charge on any atom is 0.305 e. The van der Waals surface area contributed by atoms with Crippen LogP contribution in [-0.4, -0.2) is 14.3 Å². The third-order valence-corrected chi connectivity index (χ3v) is 3.37. The highest BCUT2D eigenvalue weighted by molar-refractivity contribution is 5.67. The lowest BCUT2D eigenvalue weighted by molar-refractivity contribution is -0.387. The lowest BCUT2D eigenvalue weighted by Crippen LogP contribution is -1.97. The largest absolute Gasteiger partial charge is 0.305 e. The van der Waals surface area contributed by atoms with Crippen molar-refractivity contribution in [1.29, 1.82) is 0 Å². The molecule has 2 heterocycles. The van der Waals surface area contributed by atoms with E-state index in [9.17, 15) is 14.5 Å². The van der Waals surface area contributed by atoms with Crippen LogP contribution in [0.3, 0.4) is 0 Å². The number of hydrogen-bond donors (Lipinski definition) is 0. The van der Waals surface area contributed by atoms with Crippen LogP contribution in [0.15, 0.2) is 36.5 Å². The van der Waals surface area contributed by atoms with Crippen molar-refractivity contribution in [2.75, 3.05) is 0 Å². The lowest BCUT2D eigenvalue weighted by Gasteiger charge is -2.07. The predicted octanol–water partition coefficient (Wildman–Crippen LogP) is 3.67. The minimum atomic E-state index is -0.842. The molecule has 106 valence electrons. The summed E-state index contributed by atoms with van der Waals surface area (Å²) in [5, 5.41) is 10.9. The molecule has 0 amide bonds. The number of nitrogens with zero attached hydrogens (tertiary/aromatic N) is 3. The topological polar surface area (TPSA) is 60.4 Å². The Labute approximate surface area is 119 Å². The van der Waals surface area contributed by atoms with Gasteiger partial charge in [0.1, 0.15) is 5.65 Å². The van der Waals surface area contributed by atoms with Gasteiger partial charge in [0.15, 0.2) is 0 Å². The molecular formula is C15H12FN3O2. The number of aryl methyl sites for hydroxylation is 2. The van der Waals surface area contributed by atoms with E-state index in [2.05, 4.69) is 4.98 Å². The highest BCUT2D eigenvalue weighted by atomic mass is 19.1. The van der Waals surface area contributed by atoms with E-state index >= 15 is 0 Å². The van der Waals surface area contributed by atoms with Crippen molar-refractivity contribution in [2.45, 2.75) is 13.8 Å². The van der Waals surface area contributed by atoms with E-state index in [0.717, 1.165) is 23.0 Å². The molecule has 0 radical (unpaired) electrons. The molecule has 0 unspecified atom stereocenters. The number of nitro groups is 1. The van der Waals surface area contributed by atoms with Crippen molar-refractivity contribution in [3.8, 4) is 11.3 Å². The van der Waals surface area contributed by atoms with Gasteiger partial charge in [-0.1, -0.05) is 0 Å². The number of nitro benzene ring substituents is 1. The molecule has 0 aliphatic carbocycles. The zero-order chi connectivity index (χ0) is 15.1. The summed E-state index contributed by atoms with van der Waals surface area (Å²) in [5.41, 5.74) is 3.53. The van der Waals surface area contributed by atoms with Gasteiger partial charge >= 0.3 is 5.69 Å². The molecule has 0 aliphatic heterocycles. The second-order valence-electron chi connectivity index (χ2n) is 4.93. The van der Waals surface area contributed by atoms with Gasteiger partial charge in [-0.2, -0.15) is 4.39 Å². The van der Waals surface area contributed by atoms with Crippen LogP contribution in [0.25, 0.3) is 16.9 Å². The van der Waals surface area contributed by atoms with Gasteiger partial charge in [-0.3, -0.25) is 14.5 Å². The van der Waals surface area contributed by atoms with Crippen LogP contribution in [0.5, 0.6) is 0 Å². The first-order chi connectivity index (χ1) is 9.97. The fraction of sp³-hybridized carbons (Fsp3) is 0.133. The Morgan fingerprint density at radius 2 is 2.00 bits per heavy atom. The summed E-state index contributed by atoms with van der Waals surface area (Å²) in [6.07, 6.45) is 1.64. The molecule has 0 aliphatic rings. The van der Waals surface area contributed by atoms with E-state index in [0.29, 0.717) is 11.3 Å². The van der Waals surface area contributed by atoms with Crippen molar-refractivity contribution >= 4 is 11.3 Å². The Morgan fingerprint density at radius 3 is 2.71 bits per heavy atom. The van der Waals surface area contributed by atoms with E-state index in [1.807, 2.05) is 30.4 Å². The number of rotatable bonds is 2. The molecule has 2 aromatic heterocycles. The Balaban J connectivity index is 2.26. The summed E-state index contributed by atoms with van der Waals surface area (Å²) in [7, 11) is 0. The van der Waals surface area contributed by atoms with Crippen molar-refractivity contribution in [1.82, 2.24) is 9.38 Å². The predicted molar refractivity (Wildman–Crippen MR) is 76.7 cm³/mol. The van der Waals surface area contributed by atoms with Gasteiger partial charge in [-0.05, 0) is 43.7 Å². The minimum absolute atomic E-state index is 0.535. The number of hydrogen-bond acceptors (Lipinski definition) is 3. The van der Waals surface area contributed by atoms with Crippen molar-refractivity contribution < 1.29 is 9.31 Å². The highest BCUT2D eigenvalue weighted by Crippen LogP contribution is 2.28. The summed E-state index contributed by atoms with van der Waals surface area (Å²) in [5.74, 6) is -0.842. The molecule has 0 N–H and O–H groups in total. The number of halogens is 1. The summed E-state index contributed by atoms with van der Waals surface area (Å²) in [4.78, 5) is 14.5. The second kappa shape index (κ2) is 4.66. The molecule has 0 bridgehead atoms. The zero-order valence-corrected chi connectivity index (χ0v) is 11.5. The van der Waals surface area contributed by atoms with E-state index in [1.54, 1.807) is 6.20 Å². The third kappa shape index (κ3) is 2.14. The number of fused-ring (bicyclic) bond motifs is 1. The zero-order valence-electron chi connectivity index (χ0n) is 11.5. The number of pyridine rings is 1. The molecule has 0 spiro atoms. The maximum atomic E-state index is 13.4. The van der Waals surface area contributed by atoms with E-state index in [4.69, 9.17) is 0 Å². The first-order valence-corrected chi connectivity index (χ1v) is 6.36. The highest BCUT2D eigenvalue weighted by Gasteiger charge is 2.17.